The molecule has 0 fully saturated rings. The molecule has 0 saturated heterocycles. The fourth-order valence-electron chi connectivity index (χ4n) is 2.10. The highest BCUT2D eigenvalue weighted by Gasteiger charge is 2.10. The fourth-order valence-corrected chi connectivity index (χ4v) is 2.27. The van der Waals surface area contributed by atoms with Gasteiger partial charge in [-0.05, 0) is 57.0 Å². The maximum absolute atomic E-state index is 12.5. The first-order valence-corrected chi connectivity index (χ1v) is 8.17. The molecule has 1 atom stereocenters. The molecule has 1 N–H and O–H groups in total. The minimum atomic E-state index is -0.139. The molecule has 0 bridgehead atoms. The number of hydrogen-bond donors (Lipinski definition) is 2. The lowest BCUT2D eigenvalue weighted by molar-refractivity contribution is 0.0967. The van der Waals surface area contributed by atoms with E-state index in [4.69, 9.17) is 0 Å². The lowest BCUT2D eigenvalue weighted by atomic mass is 10.0. The Bertz CT molecular complexity index is 649. The molecule has 3 heteroatoms. The van der Waals surface area contributed by atoms with E-state index in [0.29, 0.717) is 5.56 Å². The molecular weight excluding hydrogens is 302 g/mol. The molecule has 23 heavy (non-hydrogen) atoms. The van der Waals surface area contributed by atoms with Gasteiger partial charge in [0.1, 0.15) is 0 Å². The summed E-state index contributed by atoms with van der Waals surface area (Å²) >= 11 is 4.40. The van der Waals surface area contributed by atoms with E-state index in [-0.39, 0.29) is 11.2 Å². The Morgan fingerprint density at radius 1 is 1.17 bits per heavy atom. The van der Waals surface area contributed by atoms with Crippen LogP contribution in [0.25, 0.3) is 0 Å². The summed E-state index contributed by atoms with van der Waals surface area (Å²) in [6, 6.07) is 7.50. The average Bonchev–Trinajstić information content (AvgIpc) is 2.52. The van der Waals surface area contributed by atoms with Gasteiger partial charge in [-0.1, -0.05) is 36.9 Å². The molecule has 1 aromatic carbocycles. The van der Waals surface area contributed by atoms with Crippen LogP contribution in [0, 0.1) is 0 Å². The van der Waals surface area contributed by atoms with E-state index in [1.54, 1.807) is 0 Å². The number of hydrogen-bond acceptors (Lipinski definition) is 2. The van der Waals surface area contributed by atoms with Gasteiger partial charge >= 0.3 is 0 Å². The first-order chi connectivity index (χ1) is 10.9. The molecule has 122 valence electrons. The summed E-state index contributed by atoms with van der Waals surface area (Å²) in [7, 11) is 0. The smallest absolute Gasteiger partial charge is 0.255 e. The third kappa shape index (κ3) is 5.61. The van der Waals surface area contributed by atoms with E-state index in [2.05, 4.69) is 24.5 Å². The van der Waals surface area contributed by atoms with Gasteiger partial charge in [-0.2, -0.15) is 12.6 Å². The van der Waals surface area contributed by atoms with E-state index in [1.165, 1.54) is 0 Å². The molecular formula is C20H25NOS. The summed E-state index contributed by atoms with van der Waals surface area (Å²) in [5.74, 6) is -0.139. The second kappa shape index (κ2) is 9.21. The molecule has 0 saturated carbocycles. The third-order valence-electron chi connectivity index (χ3n) is 3.32. The highest BCUT2D eigenvalue weighted by atomic mass is 32.1. The van der Waals surface area contributed by atoms with Crippen molar-refractivity contribution in [1.82, 2.24) is 5.32 Å². The quantitative estimate of drug-likeness (QED) is 0.532. The Morgan fingerprint density at radius 2 is 1.74 bits per heavy atom. The van der Waals surface area contributed by atoms with Crippen molar-refractivity contribution in [2.75, 3.05) is 0 Å². The Kier molecular flexibility index (Phi) is 7.63. The van der Waals surface area contributed by atoms with Crippen LogP contribution in [0.3, 0.4) is 0 Å². The van der Waals surface area contributed by atoms with Crippen LogP contribution in [-0.4, -0.2) is 5.91 Å². The number of allylic oxidation sites excluding steroid dienone is 6. The standard InChI is InChI=1S/C20H25NOS/c1-6-8-18(14(3)4)19(9-7-2)21-20(22)17-12-10-16(11-13-17)15(5)23/h6-13,15,23H,3H2,1-2,4-5H3,(H,21,22)/b8-6-,9-7-,19-18+. The van der Waals surface area contributed by atoms with Gasteiger partial charge in [0.15, 0.2) is 0 Å². The first kappa shape index (κ1) is 19.0. The number of benzene rings is 1. The second-order valence-corrected chi connectivity index (χ2v) is 6.13. The zero-order chi connectivity index (χ0) is 17.4. The fraction of sp³-hybridized carbons (Fsp3) is 0.250. The Morgan fingerprint density at radius 3 is 2.17 bits per heavy atom. The summed E-state index contributed by atoms with van der Waals surface area (Å²) in [4.78, 5) is 12.5. The van der Waals surface area contributed by atoms with Crippen LogP contribution >= 0.6 is 12.6 Å². The molecule has 0 aliphatic carbocycles. The summed E-state index contributed by atoms with van der Waals surface area (Å²) in [5.41, 5.74) is 4.27. The number of carbonyl (C=O) groups is 1. The molecule has 1 rings (SSSR count). The van der Waals surface area contributed by atoms with Crippen molar-refractivity contribution in [2.24, 2.45) is 0 Å². The van der Waals surface area contributed by atoms with Gasteiger partial charge < -0.3 is 5.32 Å². The van der Waals surface area contributed by atoms with Crippen molar-refractivity contribution >= 4 is 18.5 Å². The number of rotatable bonds is 6. The predicted molar refractivity (Wildman–Crippen MR) is 103 cm³/mol. The van der Waals surface area contributed by atoms with Gasteiger partial charge in [-0.25, -0.2) is 0 Å². The minimum absolute atomic E-state index is 0.139. The van der Waals surface area contributed by atoms with E-state index in [0.717, 1.165) is 22.4 Å². The van der Waals surface area contributed by atoms with Crippen LogP contribution in [0.4, 0.5) is 0 Å². The second-order valence-electron chi connectivity index (χ2n) is 5.36. The zero-order valence-corrected chi connectivity index (χ0v) is 15.2. The number of carbonyl (C=O) groups excluding carboxylic acids is 1. The number of amides is 1. The van der Waals surface area contributed by atoms with Crippen molar-refractivity contribution in [3.05, 3.63) is 83.1 Å². The Labute approximate surface area is 145 Å². The van der Waals surface area contributed by atoms with E-state index in [9.17, 15) is 4.79 Å². The maximum Gasteiger partial charge on any atom is 0.255 e. The molecule has 1 amide bonds. The summed E-state index contributed by atoms with van der Waals surface area (Å²) < 4.78 is 0. The minimum Gasteiger partial charge on any atom is -0.321 e. The van der Waals surface area contributed by atoms with Crippen LogP contribution in [0.5, 0.6) is 0 Å². The van der Waals surface area contributed by atoms with Crippen LogP contribution in [0.1, 0.15) is 48.9 Å². The van der Waals surface area contributed by atoms with Crippen LogP contribution in [0.2, 0.25) is 0 Å². The van der Waals surface area contributed by atoms with Gasteiger partial charge in [-0.15, -0.1) is 0 Å². The van der Waals surface area contributed by atoms with Gasteiger partial charge in [0.05, 0.1) is 0 Å². The Balaban J connectivity index is 3.11. The molecule has 0 aliphatic rings. The van der Waals surface area contributed by atoms with Crippen LogP contribution < -0.4 is 5.32 Å². The highest BCUT2D eigenvalue weighted by molar-refractivity contribution is 7.80. The monoisotopic (exact) mass is 327 g/mol. The molecule has 0 aliphatic heterocycles. The van der Waals surface area contributed by atoms with Gasteiger partial charge in [0.2, 0.25) is 0 Å². The van der Waals surface area contributed by atoms with Crippen molar-refractivity contribution in [3.63, 3.8) is 0 Å². The molecule has 0 heterocycles. The van der Waals surface area contributed by atoms with Crippen molar-refractivity contribution < 1.29 is 4.79 Å². The SMILES string of the molecule is C=C(C)C(/C=C\C)=C(\C=C/C)NC(=O)c1ccc(C(C)S)cc1. The predicted octanol–water partition coefficient (Wildman–Crippen LogP) is 5.39. The molecule has 0 radical (unpaired) electrons. The van der Waals surface area contributed by atoms with E-state index in [1.807, 2.05) is 76.3 Å². The average molecular weight is 327 g/mol. The van der Waals surface area contributed by atoms with E-state index >= 15 is 0 Å². The summed E-state index contributed by atoms with van der Waals surface area (Å²) in [6.07, 6.45) is 7.66. The van der Waals surface area contributed by atoms with Gasteiger partial charge in [0.25, 0.3) is 5.91 Å². The maximum atomic E-state index is 12.5. The lowest BCUT2D eigenvalue weighted by Gasteiger charge is -2.12. The largest absolute Gasteiger partial charge is 0.321 e. The highest BCUT2D eigenvalue weighted by Crippen LogP contribution is 2.19. The van der Waals surface area contributed by atoms with Gasteiger partial charge in [0, 0.05) is 22.1 Å². The molecule has 1 unspecified atom stereocenters. The third-order valence-corrected chi connectivity index (χ3v) is 3.62. The normalized spacial score (nSPS) is 14.0. The van der Waals surface area contributed by atoms with Crippen LogP contribution in [0.15, 0.2) is 72.0 Å². The topological polar surface area (TPSA) is 29.1 Å². The molecule has 1 aromatic rings. The first-order valence-electron chi connectivity index (χ1n) is 7.65. The Hall–Kier alpha value is -2.00. The number of thiol groups is 1. The number of nitrogens with one attached hydrogen (secondary N) is 1. The van der Waals surface area contributed by atoms with Crippen molar-refractivity contribution in [3.8, 4) is 0 Å². The molecule has 0 spiro atoms. The van der Waals surface area contributed by atoms with Crippen molar-refractivity contribution in [1.29, 1.82) is 0 Å². The van der Waals surface area contributed by atoms with Gasteiger partial charge in [-0.3, -0.25) is 4.79 Å². The van der Waals surface area contributed by atoms with Crippen LogP contribution in [-0.2, 0) is 0 Å². The van der Waals surface area contributed by atoms with E-state index < -0.39 is 0 Å². The molecule has 0 aromatic heterocycles. The summed E-state index contributed by atoms with van der Waals surface area (Å²) in [5, 5.41) is 3.12. The zero-order valence-electron chi connectivity index (χ0n) is 14.3. The van der Waals surface area contributed by atoms with Crippen molar-refractivity contribution in [2.45, 2.75) is 32.9 Å². The lowest BCUT2D eigenvalue weighted by Crippen LogP contribution is -2.23. The summed E-state index contributed by atoms with van der Waals surface area (Å²) in [6.45, 7) is 11.8. The molecule has 2 nitrogen and oxygen atoms in total.